The van der Waals surface area contributed by atoms with E-state index < -0.39 is 0 Å². The Morgan fingerprint density at radius 3 is 2.67 bits per heavy atom. The van der Waals surface area contributed by atoms with E-state index in [1.165, 1.54) is 0 Å². The predicted octanol–water partition coefficient (Wildman–Crippen LogP) is 1.67. The molecule has 1 rings (SSSR count). The zero-order chi connectivity index (χ0) is 10.4. The Bertz CT molecular complexity index is 315. The minimum Gasteiger partial charge on any atom is -0.466 e. The topological polar surface area (TPSA) is 52.3 Å². The van der Waals surface area contributed by atoms with Gasteiger partial charge in [0.1, 0.15) is 0 Å². The summed E-state index contributed by atoms with van der Waals surface area (Å²) in [6, 6.07) is 7.67. The maximum absolute atomic E-state index is 11.2. The van der Waals surface area contributed by atoms with Gasteiger partial charge >= 0.3 is 5.97 Å². The van der Waals surface area contributed by atoms with Gasteiger partial charge in [0.2, 0.25) is 0 Å². The van der Waals surface area contributed by atoms with E-state index in [1.807, 2.05) is 24.3 Å². The summed E-state index contributed by atoms with van der Waals surface area (Å²) >= 11 is 0. The SMILES string of the molecule is CCOC(=O)Cc1cccc(CN)c1.Cl. The van der Waals surface area contributed by atoms with Crippen LogP contribution in [0.5, 0.6) is 0 Å². The molecule has 2 N–H and O–H groups in total. The van der Waals surface area contributed by atoms with Crippen molar-refractivity contribution in [3.8, 4) is 0 Å². The van der Waals surface area contributed by atoms with Gasteiger partial charge in [-0.1, -0.05) is 24.3 Å². The Labute approximate surface area is 96.0 Å². The number of carbonyl (C=O) groups is 1. The predicted molar refractivity (Wildman–Crippen MR) is 61.9 cm³/mol. The average molecular weight is 230 g/mol. The minimum atomic E-state index is -0.193. The van der Waals surface area contributed by atoms with E-state index in [2.05, 4.69) is 0 Å². The molecule has 0 aliphatic rings. The first-order valence-electron chi connectivity index (χ1n) is 4.69. The third-order valence-corrected chi connectivity index (χ3v) is 1.88. The molecule has 84 valence electrons. The smallest absolute Gasteiger partial charge is 0.310 e. The van der Waals surface area contributed by atoms with Crippen LogP contribution in [0.4, 0.5) is 0 Å². The number of nitrogens with two attached hydrogens (primary N) is 1. The zero-order valence-electron chi connectivity index (χ0n) is 8.73. The molecular weight excluding hydrogens is 214 g/mol. The van der Waals surface area contributed by atoms with Gasteiger partial charge in [0.15, 0.2) is 0 Å². The molecule has 0 spiro atoms. The standard InChI is InChI=1S/C11H15NO2.ClH/c1-2-14-11(13)7-9-4-3-5-10(6-9)8-12;/h3-6H,2,7-8,12H2,1H3;1H. The van der Waals surface area contributed by atoms with Gasteiger partial charge in [-0.2, -0.15) is 0 Å². The summed E-state index contributed by atoms with van der Waals surface area (Å²) < 4.78 is 4.85. The van der Waals surface area contributed by atoms with Gasteiger partial charge in [-0.3, -0.25) is 4.79 Å². The third-order valence-electron chi connectivity index (χ3n) is 1.88. The first-order valence-corrected chi connectivity index (χ1v) is 4.69. The van der Waals surface area contributed by atoms with Gasteiger partial charge in [0.05, 0.1) is 13.0 Å². The van der Waals surface area contributed by atoms with Gasteiger partial charge in [-0.05, 0) is 18.1 Å². The van der Waals surface area contributed by atoms with E-state index >= 15 is 0 Å². The van der Waals surface area contributed by atoms with Gasteiger partial charge in [-0.25, -0.2) is 0 Å². The molecule has 1 aromatic rings. The number of ether oxygens (including phenoxy) is 1. The van der Waals surface area contributed by atoms with E-state index in [9.17, 15) is 4.79 Å². The maximum atomic E-state index is 11.2. The van der Waals surface area contributed by atoms with Crippen LogP contribution in [-0.2, 0) is 22.5 Å². The molecule has 0 unspecified atom stereocenters. The molecule has 0 amide bonds. The summed E-state index contributed by atoms with van der Waals surface area (Å²) in [5, 5.41) is 0. The lowest BCUT2D eigenvalue weighted by Gasteiger charge is -2.03. The molecule has 15 heavy (non-hydrogen) atoms. The lowest BCUT2D eigenvalue weighted by atomic mass is 10.1. The number of halogens is 1. The van der Waals surface area contributed by atoms with Crippen molar-refractivity contribution in [3.05, 3.63) is 35.4 Å². The monoisotopic (exact) mass is 229 g/mol. The van der Waals surface area contributed by atoms with Crippen molar-refractivity contribution in [2.75, 3.05) is 6.61 Å². The molecule has 0 atom stereocenters. The fourth-order valence-corrected chi connectivity index (χ4v) is 1.25. The highest BCUT2D eigenvalue weighted by molar-refractivity contribution is 5.85. The Balaban J connectivity index is 0.00000196. The molecule has 0 radical (unpaired) electrons. The first kappa shape index (κ1) is 13.9. The molecule has 0 saturated heterocycles. The molecule has 0 saturated carbocycles. The average Bonchev–Trinajstić information content (AvgIpc) is 2.18. The largest absolute Gasteiger partial charge is 0.466 e. The minimum absolute atomic E-state index is 0. The molecule has 0 fully saturated rings. The van der Waals surface area contributed by atoms with Gasteiger partial charge in [0, 0.05) is 6.54 Å². The van der Waals surface area contributed by atoms with Crippen molar-refractivity contribution < 1.29 is 9.53 Å². The third kappa shape index (κ3) is 4.81. The van der Waals surface area contributed by atoms with E-state index in [1.54, 1.807) is 6.92 Å². The van der Waals surface area contributed by atoms with Crippen molar-refractivity contribution in [1.29, 1.82) is 0 Å². The van der Waals surface area contributed by atoms with Crippen LogP contribution in [0.1, 0.15) is 18.1 Å². The Morgan fingerprint density at radius 1 is 1.40 bits per heavy atom. The number of rotatable bonds is 4. The van der Waals surface area contributed by atoms with Crippen molar-refractivity contribution >= 4 is 18.4 Å². The fourth-order valence-electron chi connectivity index (χ4n) is 1.25. The molecule has 0 aliphatic carbocycles. The Hall–Kier alpha value is -1.06. The van der Waals surface area contributed by atoms with Crippen molar-refractivity contribution in [2.24, 2.45) is 5.73 Å². The molecule has 1 aromatic carbocycles. The van der Waals surface area contributed by atoms with E-state index in [0.717, 1.165) is 11.1 Å². The molecule has 0 aromatic heterocycles. The van der Waals surface area contributed by atoms with Crippen LogP contribution in [0, 0.1) is 0 Å². The van der Waals surface area contributed by atoms with Crippen LogP contribution in [0.3, 0.4) is 0 Å². The number of benzene rings is 1. The Kier molecular flexibility index (Phi) is 6.75. The van der Waals surface area contributed by atoms with Gasteiger partial charge < -0.3 is 10.5 Å². The second-order valence-electron chi connectivity index (χ2n) is 3.01. The second kappa shape index (κ2) is 7.26. The highest BCUT2D eigenvalue weighted by Gasteiger charge is 2.03. The Morgan fingerprint density at radius 2 is 2.07 bits per heavy atom. The van der Waals surface area contributed by atoms with Crippen LogP contribution < -0.4 is 5.73 Å². The summed E-state index contributed by atoms with van der Waals surface area (Å²) in [7, 11) is 0. The van der Waals surface area contributed by atoms with Crippen molar-refractivity contribution in [1.82, 2.24) is 0 Å². The van der Waals surface area contributed by atoms with Crippen LogP contribution in [0.25, 0.3) is 0 Å². The van der Waals surface area contributed by atoms with Crippen LogP contribution in [0.15, 0.2) is 24.3 Å². The molecule has 0 aliphatic heterocycles. The van der Waals surface area contributed by atoms with Crippen LogP contribution in [0.2, 0.25) is 0 Å². The molecule has 3 nitrogen and oxygen atoms in total. The lowest BCUT2D eigenvalue weighted by Crippen LogP contribution is -2.08. The van der Waals surface area contributed by atoms with E-state index in [0.29, 0.717) is 19.6 Å². The lowest BCUT2D eigenvalue weighted by molar-refractivity contribution is -0.142. The summed E-state index contributed by atoms with van der Waals surface area (Å²) in [4.78, 5) is 11.2. The summed E-state index contributed by atoms with van der Waals surface area (Å²) in [6.07, 6.45) is 0.321. The van der Waals surface area contributed by atoms with Crippen LogP contribution in [-0.4, -0.2) is 12.6 Å². The summed E-state index contributed by atoms with van der Waals surface area (Å²) in [5.74, 6) is -0.193. The quantitative estimate of drug-likeness (QED) is 0.800. The van der Waals surface area contributed by atoms with Crippen molar-refractivity contribution in [3.63, 3.8) is 0 Å². The number of hydrogen-bond donors (Lipinski definition) is 1. The second-order valence-corrected chi connectivity index (χ2v) is 3.01. The normalized spacial score (nSPS) is 9.20. The molecular formula is C11H16ClNO2. The molecule has 0 heterocycles. The number of hydrogen-bond acceptors (Lipinski definition) is 3. The molecule has 0 bridgehead atoms. The van der Waals surface area contributed by atoms with Crippen molar-refractivity contribution in [2.45, 2.75) is 19.9 Å². The van der Waals surface area contributed by atoms with Gasteiger partial charge in [0.25, 0.3) is 0 Å². The summed E-state index contributed by atoms with van der Waals surface area (Å²) in [5.41, 5.74) is 7.48. The van der Waals surface area contributed by atoms with Gasteiger partial charge in [-0.15, -0.1) is 12.4 Å². The highest BCUT2D eigenvalue weighted by Crippen LogP contribution is 2.06. The number of esters is 1. The maximum Gasteiger partial charge on any atom is 0.310 e. The van der Waals surface area contributed by atoms with Crippen LogP contribution >= 0.6 is 12.4 Å². The highest BCUT2D eigenvalue weighted by atomic mass is 35.5. The van der Waals surface area contributed by atoms with E-state index in [-0.39, 0.29) is 18.4 Å². The zero-order valence-corrected chi connectivity index (χ0v) is 9.55. The molecule has 4 heteroatoms. The van der Waals surface area contributed by atoms with E-state index in [4.69, 9.17) is 10.5 Å². The number of carbonyl (C=O) groups excluding carboxylic acids is 1. The first-order chi connectivity index (χ1) is 6.76. The fraction of sp³-hybridized carbons (Fsp3) is 0.364. The summed E-state index contributed by atoms with van der Waals surface area (Å²) in [6.45, 7) is 2.72.